The molecule has 2 bridgehead atoms. The summed E-state index contributed by atoms with van der Waals surface area (Å²) in [5.74, 6) is 0.939. The molecule has 0 spiro atoms. The lowest BCUT2D eigenvalue weighted by atomic mass is 10.0. The highest BCUT2D eigenvalue weighted by Gasteiger charge is 2.24. The van der Waals surface area contributed by atoms with Crippen molar-refractivity contribution < 1.29 is 27.4 Å². The minimum Gasteiger partial charge on any atom is -0.467 e. The Bertz CT molecular complexity index is 1410. The Hall–Kier alpha value is -3.30. The van der Waals surface area contributed by atoms with Gasteiger partial charge in [-0.3, -0.25) is 0 Å². The normalized spacial score (nSPS) is 18.8. The lowest BCUT2D eigenvalue weighted by Gasteiger charge is -2.20. The van der Waals surface area contributed by atoms with Gasteiger partial charge in [0, 0.05) is 35.1 Å². The van der Waals surface area contributed by atoms with E-state index in [9.17, 15) is 8.42 Å². The summed E-state index contributed by atoms with van der Waals surface area (Å²) in [5.41, 5.74) is 3.43. The Morgan fingerprint density at radius 3 is 1.34 bits per heavy atom. The van der Waals surface area contributed by atoms with Crippen LogP contribution in [0.25, 0.3) is 9.81 Å². The molecule has 8 heteroatoms. The zero-order valence-corrected chi connectivity index (χ0v) is 27.6. The Morgan fingerprint density at radius 1 is 0.591 bits per heavy atom. The van der Waals surface area contributed by atoms with Gasteiger partial charge in [-0.1, -0.05) is 59.7 Å². The van der Waals surface area contributed by atoms with Gasteiger partial charge in [-0.2, -0.15) is 0 Å². The molecule has 2 atom stereocenters. The summed E-state index contributed by atoms with van der Waals surface area (Å²) in [6.45, 7) is 3.98. The number of fused-ring (bicyclic) bond motifs is 10. The lowest BCUT2D eigenvalue weighted by molar-refractivity contribution is 0.0481. The predicted molar refractivity (Wildman–Crippen MR) is 179 cm³/mol. The summed E-state index contributed by atoms with van der Waals surface area (Å²) >= 11 is 0. The number of hydrogen-bond donors (Lipinski definition) is 0. The number of allylic oxidation sites excluding steroid dienone is 4. The van der Waals surface area contributed by atoms with Gasteiger partial charge in [-0.15, -0.1) is 0 Å². The summed E-state index contributed by atoms with van der Waals surface area (Å²) in [7, 11) is 0.101. The quantitative estimate of drug-likeness (QED) is 0.165. The van der Waals surface area contributed by atoms with Crippen LogP contribution in [-0.4, -0.2) is 36.2 Å². The van der Waals surface area contributed by atoms with E-state index in [1.54, 1.807) is 14.2 Å². The van der Waals surface area contributed by atoms with Crippen LogP contribution in [0, 0.1) is 13.8 Å². The molecule has 2 unspecified atom stereocenters. The van der Waals surface area contributed by atoms with Gasteiger partial charge in [0.2, 0.25) is 0 Å². The van der Waals surface area contributed by atoms with E-state index in [2.05, 4.69) is 12.2 Å². The van der Waals surface area contributed by atoms with Crippen LogP contribution in [0.15, 0.2) is 94.8 Å². The van der Waals surface area contributed by atoms with Crippen molar-refractivity contribution in [1.29, 1.82) is 0 Å². The number of aryl methyl sites for hydroxylation is 2. The Labute approximate surface area is 266 Å². The monoisotopic (exact) mass is 634 g/mol. The van der Waals surface area contributed by atoms with E-state index in [1.165, 1.54) is 0 Å². The second-order valence-corrected chi connectivity index (χ2v) is 13.5. The first-order valence-electron chi connectivity index (χ1n) is 14.9. The standard InChI is InChI=1S/C36H42O6S2/c1-27-15-19-29(20-16-27)43(37)35-13-11-9-7-5-6-8-10-12-14-36(44(38)30-21-17-28(2)18-22-30)32-24-33(41-25-39-3)31(35)23-34(32)42-26-40-4/h5-6,13-24H,7-12,25-26H2,1-4H3/b6-5-,35-13+,36-14+. The average Bonchev–Trinajstić information content (AvgIpc) is 3.03. The SMILES string of the molecule is COCOc1cc2c(OCOC)cc1/C(S(=O)c1ccc(C)cc1)=C\CCC/C=C\CCC/C=C\2S(=O)c1ccc(C)cc1. The molecular formula is C36H42O6S2. The molecule has 3 aromatic carbocycles. The average molecular weight is 635 g/mol. The van der Waals surface area contributed by atoms with Gasteiger partial charge in [0.05, 0.1) is 31.4 Å². The second kappa shape index (κ2) is 17.3. The first-order chi connectivity index (χ1) is 21.4. The van der Waals surface area contributed by atoms with Crippen LogP contribution in [0.5, 0.6) is 11.5 Å². The smallest absolute Gasteiger partial charge is 0.188 e. The van der Waals surface area contributed by atoms with Crippen molar-refractivity contribution in [3.05, 3.63) is 107 Å². The van der Waals surface area contributed by atoms with Crippen molar-refractivity contribution in [2.45, 2.75) is 62.2 Å². The van der Waals surface area contributed by atoms with Crippen LogP contribution < -0.4 is 9.47 Å². The molecule has 2 aliphatic carbocycles. The Morgan fingerprint density at radius 2 is 0.977 bits per heavy atom. The minimum atomic E-state index is -1.51. The number of hydrogen-bond acceptors (Lipinski definition) is 6. The van der Waals surface area contributed by atoms with E-state index in [-0.39, 0.29) is 13.6 Å². The van der Waals surface area contributed by atoms with Crippen molar-refractivity contribution in [2.24, 2.45) is 0 Å². The molecule has 0 saturated heterocycles. The fourth-order valence-corrected chi connectivity index (χ4v) is 7.28. The molecule has 0 heterocycles. The summed E-state index contributed by atoms with van der Waals surface area (Å²) in [5, 5.41) is 0. The van der Waals surface area contributed by atoms with Gasteiger partial charge in [0.25, 0.3) is 0 Å². The van der Waals surface area contributed by atoms with E-state index in [4.69, 9.17) is 18.9 Å². The van der Waals surface area contributed by atoms with Crippen molar-refractivity contribution >= 4 is 31.4 Å². The molecule has 5 rings (SSSR count). The minimum absolute atomic E-state index is 0.0138. The third kappa shape index (κ3) is 9.11. The number of benzene rings is 3. The maximum absolute atomic E-state index is 14.2. The van der Waals surface area contributed by atoms with Crippen LogP contribution in [-0.2, 0) is 31.1 Å². The fourth-order valence-electron chi connectivity index (χ4n) is 4.75. The van der Waals surface area contributed by atoms with E-state index < -0.39 is 21.6 Å². The number of ether oxygens (including phenoxy) is 4. The zero-order chi connectivity index (χ0) is 31.3. The van der Waals surface area contributed by atoms with Gasteiger partial charge in [-0.25, -0.2) is 8.42 Å². The van der Waals surface area contributed by atoms with Crippen molar-refractivity contribution in [1.82, 2.24) is 0 Å². The highest BCUT2D eigenvalue weighted by molar-refractivity contribution is 7.95. The molecule has 0 N–H and O–H groups in total. The van der Waals surface area contributed by atoms with E-state index in [0.29, 0.717) is 42.2 Å². The molecule has 3 aromatic rings. The Balaban J connectivity index is 1.95. The fraction of sp³-hybridized carbons (Fsp3) is 0.333. The van der Waals surface area contributed by atoms with Gasteiger partial charge >= 0.3 is 0 Å². The van der Waals surface area contributed by atoms with Gasteiger partial charge < -0.3 is 18.9 Å². The third-order valence-electron chi connectivity index (χ3n) is 7.12. The highest BCUT2D eigenvalue weighted by atomic mass is 32.2. The Kier molecular flexibility index (Phi) is 13.2. The number of rotatable bonds is 10. The molecule has 0 aliphatic heterocycles. The molecule has 234 valence electrons. The maximum atomic E-state index is 14.2. The molecule has 0 radical (unpaired) electrons. The van der Waals surface area contributed by atoms with Crippen molar-refractivity contribution in [2.75, 3.05) is 27.8 Å². The van der Waals surface area contributed by atoms with Gasteiger partial charge in [0.15, 0.2) is 13.6 Å². The summed E-state index contributed by atoms with van der Waals surface area (Å²) in [4.78, 5) is 2.63. The van der Waals surface area contributed by atoms with Crippen LogP contribution in [0.3, 0.4) is 0 Å². The topological polar surface area (TPSA) is 71.1 Å². The number of methoxy groups -OCH3 is 2. The van der Waals surface area contributed by atoms with Crippen LogP contribution in [0.1, 0.15) is 60.8 Å². The third-order valence-corrected chi connectivity index (χ3v) is 10.1. The summed E-state index contributed by atoms with van der Waals surface area (Å²) in [6.07, 6.45) is 13.7. The molecule has 6 nitrogen and oxygen atoms in total. The van der Waals surface area contributed by atoms with Crippen molar-refractivity contribution in [3.63, 3.8) is 0 Å². The van der Waals surface area contributed by atoms with Crippen LogP contribution in [0.2, 0.25) is 0 Å². The van der Waals surface area contributed by atoms with Crippen LogP contribution >= 0.6 is 0 Å². The van der Waals surface area contributed by atoms with Crippen molar-refractivity contribution in [3.8, 4) is 11.5 Å². The highest BCUT2D eigenvalue weighted by Crippen LogP contribution is 2.41. The summed E-state index contributed by atoms with van der Waals surface area (Å²) < 4.78 is 51.3. The van der Waals surface area contributed by atoms with E-state index in [0.717, 1.165) is 49.7 Å². The van der Waals surface area contributed by atoms with E-state index in [1.807, 2.05) is 86.7 Å². The van der Waals surface area contributed by atoms with E-state index >= 15 is 0 Å². The molecule has 2 aliphatic rings. The maximum Gasteiger partial charge on any atom is 0.188 e. The zero-order valence-electron chi connectivity index (χ0n) is 26.0. The molecule has 0 amide bonds. The first kappa shape index (κ1) is 33.6. The summed E-state index contributed by atoms with van der Waals surface area (Å²) in [6, 6.07) is 19.1. The van der Waals surface area contributed by atoms with Gasteiger partial charge in [0.1, 0.15) is 11.5 Å². The molecular weight excluding hydrogens is 593 g/mol. The molecule has 0 aromatic heterocycles. The molecule has 44 heavy (non-hydrogen) atoms. The lowest BCUT2D eigenvalue weighted by Crippen LogP contribution is -2.09. The molecule has 0 saturated carbocycles. The largest absolute Gasteiger partial charge is 0.467 e. The first-order valence-corrected chi connectivity index (χ1v) is 17.2. The van der Waals surface area contributed by atoms with Gasteiger partial charge in [-0.05, 0) is 88.8 Å². The second-order valence-electron chi connectivity index (χ2n) is 10.6. The predicted octanol–water partition coefficient (Wildman–Crippen LogP) is 8.48. The molecule has 0 fully saturated rings. The van der Waals surface area contributed by atoms with Crippen LogP contribution in [0.4, 0.5) is 0 Å².